The third-order valence-electron chi connectivity index (χ3n) is 6.96. The van der Waals surface area contributed by atoms with Crippen LogP contribution < -0.4 is 5.49 Å². The number of rotatable bonds is 7. The van der Waals surface area contributed by atoms with E-state index in [0.717, 1.165) is 37.9 Å². The van der Waals surface area contributed by atoms with Crippen LogP contribution >= 0.6 is 0 Å². The van der Waals surface area contributed by atoms with Gasteiger partial charge in [-0.25, -0.2) is 9.38 Å². The van der Waals surface area contributed by atoms with Gasteiger partial charge in [0.2, 0.25) is 0 Å². The second-order valence-electron chi connectivity index (χ2n) is 9.42. The van der Waals surface area contributed by atoms with Gasteiger partial charge in [-0.05, 0) is 75.9 Å². The molecule has 1 atom stereocenters. The van der Waals surface area contributed by atoms with Crippen LogP contribution in [0.15, 0.2) is 82.8 Å². The summed E-state index contributed by atoms with van der Waals surface area (Å²) in [6.45, 7) is 12.4. The van der Waals surface area contributed by atoms with Crippen molar-refractivity contribution in [2.24, 2.45) is 18.0 Å². The normalized spacial score (nSPS) is 20.4. The molecular formula is C28H37FN4O. The molecule has 2 aliphatic rings. The van der Waals surface area contributed by atoms with Crippen molar-refractivity contribution in [2.45, 2.75) is 46.0 Å². The smallest absolute Gasteiger partial charge is 0.147 e. The second-order valence-corrected chi connectivity index (χ2v) is 9.42. The summed E-state index contributed by atoms with van der Waals surface area (Å²) in [4.78, 5) is 20.2. The van der Waals surface area contributed by atoms with Crippen LogP contribution in [0.4, 0.5) is 4.39 Å². The molecule has 1 saturated heterocycles. The number of aldehydes is 1. The van der Waals surface area contributed by atoms with Crippen molar-refractivity contribution in [2.75, 3.05) is 20.1 Å². The number of piperidine rings is 1. The van der Waals surface area contributed by atoms with Crippen LogP contribution in [0.1, 0.15) is 51.5 Å². The highest BCUT2D eigenvalue weighted by Gasteiger charge is 2.20. The molecule has 5 nitrogen and oxygen atoms in total. The Bertz CT molecular complexity index is 1110. The fourth-order valence-corrected chi connectivity index (χ4v) is 4.24. The molecule has 1 aromatic rings. The van der Waals surface area contributed by atoms with Gasteiger partial charge in [-0.15, -0.1) is 0 Å². The minimum atomic E-state index is -0.445. The van der Waals surface area contributed by atoms with E-state index in [1.165, 1.54) is 17.7 Å². The van der Waals surface area contributed by atoms with E-state index in [0.29, 0.717) is 34.9 Å². The molecule has 0 bridgehead atoms. The fraction of sp³-hybridized carbons (Fsp3) is 0.429. The van der Waals surface area contributed by atoms with E-state index in [1.807, 2.05) is 30.8 Å². The van der Waals surface area contributed by atoms with E-state index >= 15 is 0 Å². The Morgan fingerprint density at radius 3 is 2.62 bits per heavy atom. The first-order chi connectivity index (χ1) is 16.2. The van der Waals surface area contributed by atoms with E-state index in [9.17, 15) is 9.18 Å². The number of likely N-dealkylation sites (tertiary alicyclic amines) is 1. The van der Waals surface area contributed by atoms with E-state index in [-0.39, 0.29) is 5.70 Å². The number of allylic oxidation sites excluding steroid dienone is 4. The van der Waals surface area contributed by atoms with Crippen LogP contribution in [0.3, 0.4) is 0 Å². The molecule has 3 rings (SSSR count). The van der Waals surface area contributed by atoms with Crippen molar-refractivity contribution in [3.8, 4) is 0 Å². The first-order valence-corrected chi connectivity index (χ1v) is 12.0. The van der Waals surface area contributed by atoms with Crippen molar-refractivity contribution in [1.29, 1.82) is 0 Å². The Labute approximate surface area is 203 Å². The third kappa shape index (κ3) is 6.11. The maximum Gasteiger partial charge on any atom is 0.147 e. The number of aryl methyl sites for hydroxylation is 1. The Hall–Kier alpha value is -2.99. The van der Waals surface area contributed by atoms with Crippen LogP contribution in [0, 0.1) is 5.92 Å². The van der Waals surface area contributed by atoms with Crippen molar-refractivity contribution in [3.63, 3.8) is 0 Å². The Balaban J connectivity index is 1.95. The summed E-state index contributed by atoms with van der Waals surface area (Å²) < 4.78 is 16.8. The number of nitrogens with zero attached hydrogens (tertiary/aromatic N) is 4. The Morgan fingerprint density at radius 2 is 2.00 bits per heavy atom. The quantitative estimate of drug-likeness (QED) is 0.404. The molecule has 1 unspecified atom stereocenters. The highest BCUT2D eigenvalue weighted by molar-refractivity contribution is 5.69. The summed E-state index contributed by atoms with van der Waals surface area (Å²) in [6.07, 6.45) is 12.5. The van der Waals surface area contributed by atoms with Gasteiger partial charge in [0.1, 0.15) is 17.6 Å². The molecule has 0 radical (unpaired) electrons. The Kier molecular flexibility index (Phi) is 8.61. The van der Waals surface area contributed by atoms with Gasteiger partial charge in [-0.1, -0.05) is 32.1 Å². The van der Waals surface area contributed by atoms with Crippen LogP contribution in [0.2, 0.25) is 0 Å². The van der Waals surface area contributed by atoms with E-state index in [2.05, 4.69) is 44.6 Å². The molecule has 0 aliphatic carbocycles. The third-order valence-corrected chi connectivity index (χ3v) is 6.96. The highest BCUT2D eigenvalue weighted by atomic mass is 19.1. The van der Waals surface area contributed by atoms with Crippen LogP contribution in [0.25, 0.3) is 0 Å². The molecular weight excluding hydrogens is 427 g/mol. The second kappa shape index (κ2) is 11.4. The lowest BCUT2D eigenvalue weighted by molar-refractivity contribution is -0.104. The van der Waals surface area contributed by atoms with Gasteiger partial charge in [0.25, 0.3) is 0 Å². The number of hydrogen-bond acceptors (Lipinski definition) is 4. The minimum absolute atomic E-state index is 0.268. The summed E-state index contributed by atoms with van der Waals surface area (Å²) in [5, 5.41) is 0. The maximum atomic E-state index is 14.8. The molecule has 0 N–H and O–H groups in total. The number of pyridine rings is 1. The van der Waals surface area contributed by atoms with Crippen LogP contribution in [-0.2, 0) is 11.8 Å². The van der Waals surface area contributed by atoms with Crippen molar-refractivity contribution < 1.29 is 9.18 Å². The van der Waals surface area contributed by atoms with Gasteiger partial charge in [-0.2, -0.15) is 0 Å². The molecule has 2 aliphatic heterocycles. The van der Waals surface area contributed by atoms with Gasteiger partial charge >= 0.3 is 0 Å². The first kappa shape index (κ1) is 25.6. The SMILES string of the molecule is C=C1C(F)=CC(/C(=C/C=O)N=c2ccc(C3CCN(C)CC3)cn2C)=CN1/C=C(/C)C(C)CC. The van der Waals surface area contributed by atoms with Crippen LogP contribution in [-0.4, -0.2) is 40.8 Å². The lowest BCUT2D eigenvalue weighted by atomic mass is 9.91. The zero-order valence-electron chi connectivity index (χ0n) is 21.1. The first-order valence-electron chi connectivity index (χ1n) is 12.0. The largest absolute Gasteiger partial charge is 0.336 e. The molecule has 0 amide bonds. The lowest BCUT2D eigenvalue weighted by Gasteiger charge is -2.29. The summed E-state index contributed by atoms with van der Waals surface area (Å²) >= 11 is 0. The minimum Gasteiger partial charge on any atom is -0.336 e. The summed E-state index contributed by atoms with van der Waals surface area (Å²) in [5.74, 6) is 0.467. The average Bonchev–Trinajstić information content (AvgIpc) is 2.82. The zero-order valence-corrected chi connectivity index (χ0v) is 21.1. The van der Waals surface area contributed by atoms with Crippen LogP contribution in [0.5, 0.6) is 0 Å². The molecule has 0 saturated carbocycles. The summed E-state index contributed by atoms with van der Waals surface area (Å²) in [7, 11) is 4.11. The monoisotopic (exact) mass is 464 g/mol. The van der Waals surface area contributed by atoms with E-state index in [1.54, 1.807) is 11.1 Å². The summed E-state index contributed by atoms with van der Waals surface area (Å²) in [5.41, 5.74) is 4.31. The van der Waals surface area contributed by atoms with Gasteiger partial charge in [-0.3, -0.25) is 4.79 Å². The standard InChI is InChI=1S/C28H37FN4O/c1-7-20(2)21(3)17-33-19-25(16-26(29)22(33)4)27(12-15-34)30-28-9-8-24(18-32(28)6)23-10-13-31(5)14-11-23/h8-9,12,15-20,23H,4,7,10-11,13-14H2,1-3,5-6H3/b21-17-,27-12-,30-28?. The van der Waals surface area contributed by atoms with Crippen molar-refractivity contribution in [3.05, 3.63) is 88.9 Å². The van der Waals surface area contributed by atoms with Gasteiger partial charge in [0, 0.05) is 37.3 Å². The molecule has 0 aromatic carbocycles. The molecule has 3 heterocycles. The van der Waals surface area contributed by atoms with Gasteiger partial charge in [0.15, 0.2) is 0 Å². The van der Waals surface area contributed by atoms with Crippen molar-refractivity contribution in [1.82, 2.24) is 14.4 Å². The lowest BCUT2D eigenvalue weighted by Crippen LogP contribution is -2.30. The van der Waals surface area contributed by atoms with E-state index in [4.69, 9.17) is 4.99 Å². The molecule has 1 aromatic heterocycles. The number of hydrogen-bond donors (Lipinski definition) is 0. The number of halogens is 1. The Morgan fingerprint density at radius 1 is 1.29 bits per heavy atom. The molecule has 0 spiro atoms. The molecule has 34 heavy (non-hydrogen) atoms. The molecule has 6 heteroatoms. The average molecular weight is 465 g/mol. The topological polar surface area (TPSA) is 40.8 Å². The zero-order chi connectivity index (χ0) is 24.8. The number of carbonyl (C=O) groups is 1. The number of carbonyl (C=O) groups excluding carboxylic acids is 1. The molecule has 1 fully saturated rings. The highest BCUT2D eigenvalue weighted by Crippen LogP contribution is 2.30. The maximum absolute atomic E-state index is 14.8. The van der Waals surface area contributed by atoms with Gasteiger partial charge < -0.3 is 14.4 Å². The van der Waals surface area contributed by atoms with Crippen molar-refractivity contribution >= 4 is 6.29 Å². The molecule has 182 valence electrons. The number of aromatic nitrogens is 1. The van der Waals surface area contributed by atoms with E-state index < -0.39 is 5.83 Å². The predicted molar refractivity (Wildman–Crippen MR) is 136 cm³/mol. The predicted octanol–water partition coefficient (Wildman–Crippen LogP) is 5.33. The van der Waals surface area contributed by atoms with Gasteiger partial charge in [0.05, 0.1) is 11.4 Å². The summed E-state index contributed by atoms with van der Waals surface area (Å²) in [6, 6.07) is 4.09. The fourth-order valence-electron chi connectivity index (χ4n) is 4.24.